The first kappa shape index (κ1) is 19.1. The molecular formula is C20H17N7O3. The summed E-state index contributed by atoms with van der Waals surface area (Å²) >= 11 is 0. The fourth-order valence-electron chi connectivity index (χ4n) is 3.06. The normalized spacial score (nSPS) is 15.5. The quantitative estimate of drug-likeness (QED) is 0.681. The van der Waals surface area contributed by atoms with Crippen LogP contribution < -0.4 is 15.0 Å². The zero-order chi connectivity index (χ0) is 21.1. The maximum Gasteiger partial charge on any atom is 0.291 e. The Morgan fingerprint density at radius 3 is 3.03 bits per heavy atom. The maximum absolute atomic E-state index is 12.7. The average Bonchev–Trinajstić information content (AvgIpc) is 3.20. The summed E-state index contributed by atoms with van der Waals surface area (Å²) in [6.07, 6.45) is 2.99. The van der Waals surface area contributed by atoms with Gasteiger partial charge in [-0.25, -0.2) is 14.6 Å². The van der Waals surface area contributed by atoms with Gasteiger partial charge < -0.3 is 10.1 Å². The Morgan fingerprint density at radius 1 is 1.33 bits per heavy atom. The number of anilines is 1. The minimum absolute atomic E-state index is 0.0325. The van der Waals surface area contributed by atoms with Crippen LogP contribution in [0.15, 0.2) is 48.9 Å². The first-order chi connectivity index (χ1) is 14.5. The molecule has 0 bridgehead atoms. The number of nitrogens with zero attached hydrogens (tertiary/aromatic N) is 6. The smallest absolute Gasteiger partial charge is 0.291 e. The van der Waals surface area contributed by atoms with E-state index in [0.29, 0.717) is 23.7 Å². The van der Waals surface area contributed by atoms with Gasteiger partial charge in [0.25, 0.3) is 11.8 Å². The van der Waals surface area contributed by atoms with Crippen molar-refractivity contribution in [1.29, 1.82) is 5.26 Å². The molecule has 2 aromatic heterocycles. The highest BCUT2D eigenvalue weighted by molar-refractivity contribution is 6.01. The molecule has 1 aliphatic rings. The van der Waals surface area contributed by atoms with Crippen LogP contribution >= 0.6 is 0 Å². The highest BCUT2D eigenvalue weighted by atomic mass is 16.5. The molecule has 1 aliphatic heterocycles. The molecule has 0 unspecified atom stereocenters. The second kappa shape index (κ2) is 8.00. The number of amides is 2. The number of hydrogen-bond donors (Lipinski definition) is 1. The van der Waals surface area contributed by atoms with Crippen LogP contribution in [0, 0.1) is 11.3 Å². The number of rotatable bonds is 4. The van der Waals surface area contributed by atoms with Crippen molar-refractivity contribution in [3.8, 4) is 11.8 Å². The number of likely N-dealkylation sites (N-methyl/N-ethyl adjacent to an activating group) is 1. The van der Waals surface area contributed by atoms with E-state index in [2.05, 4.69) is 26.5 Å². The zero-order valence-corrected chi connectivity index (χ0v) is 16.0. The molecule has 2 amide bonds. The summed E-state index contributed by atoms with van der Waals surface area (Å²) in [7, 11) is 1.57. The van der Waals surface area contributed by atoms with Crippen LogP contribution in [0.5, 0.6) is 5.75 Å². The Hall–Kier alpha value is -4.26. The third kappa shape index (κ3) is 3.81. The summed E-state index contributed by atoms with van der Waals surface area (Å²) in [6, 6.07) is 11.7. The van der Waals surface area contributed by atoms with Crippen molar-refractivity contribution < 1.29 is 14.3 Å². The van der Waals surface area contributed by atoms with E-state index < -0.39 is 11.9 Å². The topological polar surface area (TPSA) is 126 Å². The fraction of sp³-hybridized carbons (Fsp3) is 0.200. The second-order valence-corrected chi connectivity index (χ2v) is 6.64. The van der Waals surface area contributed by atoms with E-state index in [1.165, 1.54) is 15.9 Å². The largest absolute Gasteiger partial charge is 0.487 e. The number of ether oxygens (including phenoxy) is 1. The van der Waals surface area contributed by atoms with Gasteiger partial charge in [0, 0.05) is 13.2 Å². The highest BCUT2D eigenvalue weighted by Gasteiger charge is 2.32. The monoisotopic (exact) mass is 403 g/mol. The van der Waals surface area contributed by atoms with Gasteiger partial charge in [0.1, 0.15) is 19.0 Å². The molecule has 4 rings (SSSR count). The molecule has 1 atom stereocenters. The molecule has 3 aromatic rings. The Labute approximate surface area is 171 Å². The lowest BCUT2D eigenvalue weighted by molar-refractivity contribution is -0.120. The number of benzene rings is 1. The van der Waals surface area contributed by atoms with Crippen LogP contribution in [0.25, 0.3) is 0 Å². The summed E-state index contributed by atoms with van der Waals surface area (Å²) in [4.78, 5) is 34.8. The van der Waals surface area contributed by atoms with Gasteiger partial charge in [-0.1, -0.05) is 12.1 Å². The van der Waals surface area contributed by atoms with Crippen molar-refractivity contribution >= 4 is 17.6 Å². The molecule has 0 fully saturated rings. The van der Waals surface area contributed by atoms with Crippen LogP contribution in [-0.4, -0.2) is 51.3 Å². The second-order valence-electron chi connectivity index (χ2n) is 6.64. The Morgan fingerprint density at radius 2 is 2.20 bits per heavy atom. The molecule has 30 heavy (non-hydrogen) atoms. The zero-order valence-electron chi connectivity index (χ0n) is 16.0. The van der Waals surface area contributed by atoms with E-state index in [-0.39, 0.29) is 18.3 Å². The summed E-state index contributed by atoms with van der Waals surface area (Å²) < 4.78 is 7.12. The van der Waals surface area contributed by atoms with Gasteiger partial charge in [0.15, 0.2) is 11.6 Å². The molecule has 0 aliphatic carbocycles. The summed E-state index contributed by atoms with van der Waals surface area (Å²) in [6.45, 7) is 0.320. The molecule has 0 saturated heterocycles. The van der Waals surface area contributed by atoms with Gasteiger partial charge >= 0.3 is 0 Å². The van der Waals surface area contributed by atoms with Gasteiger partial charge in [0.05, 0.1) is 18.2 Å². The minimum atomic E-state index is -0.907. The number of aromatic nitrogens is 4. The number of nitrogens with one attached hydrogen (secondary N) is 1. The van der Waals surface area contributed by atoms with Crippen LogP contribution in [0.4, 0.5) is 5.82 Å². The molecule has 1 N–H and O–H groups in total. The first-order valence-corrected chi connectivity index (χ1v) is 9.10. The molecule has 0 saturated carbocycles. The summed E-state index contributed by atoms with van der Waals surface area (Å²) in [5, 5.41) is 15.8. The molecule has 150 valence electrons. The Bertz CT molecular complexity index is 1150. The number of pyridine rings is 1. The lowest BCUT2D eigenvalue weighted by atomic mass is 10.1. The molecular weight excluding hydrogens is 386 g/mol. The Balaban J connectivity index is 1.44. The van der Waals surface area contributed by atoms with E-state index >= 15 is 0 Å². The van der Waals surface area contributed by atoms with Gasteiger partial charge in [-0.05, 0) is 29.8 Å². The third-order valence-corrected chi connectivity index (χ3v) is 4.55. The highest BCUT2D eigenvalue weighted by Crippen LogP contribution is 2.27. The van der Waals surface area contributed by atoms with Crippen LogP contribution in [0.3, 0.4) is 0 Å². The van der Waals surface area contributed by atoms with Crippen LogP contribution in [-0.2, 0) is 11.3 Å². The SMILES string of the molecule is CN1C(=O)[C@@H](NC(=O)c2ncn(Cc3cccc(C#N)c3)n2)COc2cccnc21. The number of hydrogen-bond acceptors (Lipinski definition) is 7. The van der Waals surface area contributed by atoms with Gasteiger partial charge in [-0.2, -0.15) is 5.26 Å². The van der Waals surface area contributed by atoms with Gasteiger partial charge in [-0.3, -0.25) is 14.5 Å². The number of fused-ring (bicyclic) bond motifs is 1. The predicted octanol–water partition coefficient (Wildman–Crippen LogP) is 0.747. The molecule has 1 aromatic carbocycles. The van der Waals surface area contributed by atoms with E-state index in [9.17, 15) is 9.59 Å². The predicted molar refractivity (Wildman–Crippen MR) is 105 cm³/mol. The number of carbonyl (C=O) groups excluding carboxylic acids is 2. The maximum atomic E-state index is 12.7. The van der Waals surface area contributed by atoms with E-state index in [1.54, 1.807) is 43.6 Å². The molecule has 3 heterocycles. The van der Waals surface area contributed by atoms with Crippen molar-refractivity contribution in [3.63, 3.8) is 0 Å². The van der Waals surface area contributed by atoms with E-state index in [1.807, 2.05) is 6.07 Å². The third-order valence-electron chi connectivity index (χ3n) is 4.55. The molecule has 10 nitrogen and oxygen atoms in total. The van der Waals surface area contributed by atoms with Crippen molar-refractivity contribution in [2.24, 2.45) is 0 Å². The summed E-state index contributed by atoms with van der Waals surface area (Å²) in [5.74, 6) is -0.155. The van der Waals surface area contributed by atoms with E-state index in [0.717, 1.165) is 5.56 Å². The van der Waals surface area contributed by atoms with Crippen molar-refractivity contribution in [2.45, 2.75) is 12.6 Å². The first-order valence-electron chi connectivity index (χ1n) is 9.10. The molecule has 10 heteroatoms. The van der Waals surface area contributed by atoms with Crippen molar-refractivity contribution in [1.82, 2.24) is 25.1 Å². The van der Waals surface area contributed by atoms with Gasteiger partial charge in [0.2, 0.25) is 5.82 Å². The minimum Gasteiger partial charge on any atom is -0.487 e. The van der Waals surface area contributed by atoms with Crippen LogP contribution in [0.2, 0.25) is 0 Å². The van der Waals surface area contributed by atoms with E-state index in [4.69, 9.17) is 10.00 Å². The Kier molecular flexibility index (Phi) is 5.09. The van der Waals surface area contributed by atoms with Crippen LogP contribution in [0.1, 0.15) is 21.7 Å². The fourth-order valence-corrected chi connectivity index (χ4v) is 3.06. The lowest BCUT2D eigenvalue weighted by Crippen LogP contribution is -2.49. The lowest BCUT2D eigenvalue weighted by Gasteiger charge is -2.18. The van der Waals surface area contributed by atoms with Gasteiger partial charge in [-0.15, -0.1) is 5.10 Å². The number of nitriles is 1. The summed E-state index contributed by atoms with van der Waals surface area (Å²) in [5.41, 5.74) is 1.39. The number of carbonyl (C=O) groups is 2. The standard InChI is InChI=1S/C20H17N7O3/c1-26-18-16(6-3-7-22-18)30-11-15(20(26)29)24-19(28)17-23-12-27(25-17)10-14-5-2-4-13(8-14)9-21/h2-8,12,15H,10-11H2,1H3,(H,24,28)/t15-/m0/s1. The molecule has 0 radical (unpaired) electrons. The van der Waals surface area contributed by atoms with Crippen molar-refractivity contribution in [2.75, 3.05) is 18.6 Å². The van der Waals surface area contributed by atoms with Crippen molar-refractivity contribution in [3.05, 3.63) is 65.9 Å². The molecule has 0 spiro atoms. The average molecular weight is 403 g/mol.